The number of nitrogens with zero attached hydrogens (tertiary/aromatic N) is 1. The van der Waals surface area contributed by atoms with Crippen LogP contribution < -0.4 is 9.55 Å². The first-order valence-electron chi connectivity index (χ1n) is 12.5. The van der Waals surface area contributed by atoms with Crippen molar-refractivity contribution in [2.24, 2.45) is 0 Å². The van der Waals surface area contributed by atoms with E-state index in [1.807, 2.05) is 30.3 Å². The van der Waals surface area contributed by atoms with Gasteiger partial charge in [-0.2, -0.15) is 0 Å². The monoisotopic (exact) mass is 480 g/mol. The minimum absolute atomic E-state index is 0.0839. The van der Waals surface area contributed by atoms with E-state index in [9.17, 15) is 0 Å². The van der Waals surface area contributed by atoms with Gasteiger partial charge in [0.15, 0.2) is 0 Å². The molecule has 0 saturated heterocycles. The zero-order valence-corrected chi connectivity index (χ0v) is 20.9. The van der Waals surface area contributed by atoms with Crippen LogP contribution in [0.25, 0.3) is 22.3 Å². The SMILES string of the molecule is CC1(C)c2ccccc2-c2c(N(c3ccc(O[B]O)cc3)c3ccc(-c4ccccc4)cc3)cccc21. The van der Waals surface area contributed by atoms with Gasteiger partial charge in [0, 0.05) is 22.4 Å². The second kappa shape index (κ2) is 9.31. The van der Waals surface area contributed by atoms with Crippen LogP contribution in [0.1, 0.15) is 25.0 Å². The second-order valence-corrected chi connectivity index (χ2v) is 9.84. The highest BCUT2D eigenvalue weighted by molar-refractivity contribution is 6.17. The summed E-state index contributed by atoms with van der Waals surface area (Å²) in [5.74, 6) is 0.579. The zero-order chi connectivity index (χ0) is 25.4. The maximum atomic E-state index is 9.06. The molecule has 3 nitrogen and oxygen atoms in total. The third-order valence-corrected chi connectivity index (χ3v) is 7.34. The highest BCUT2D eigenvalue weighted by Crippen LogP contribution is 2.54. The van der Waals surface area contributed by atoms with Crippen LogP contribution in [-0.4, -0.2) is 12.7 Å². The number of rotatable bonds is 6. The van der Waals surface area contributed by atoms with Crippen LogP contribution in [0.15, 0.2) is 121 Å². The lowest BCUT2D eigenvalue weighted by Gasteiger charge is -2.29. The standard InChI is InChI=1S/C33H27BNO2/c1-33(2)29-12-7-6-11-28(29)32-30(33)13-8-14-31(32)35(26-19-21-27(22-20-26)37-34-36)25-17-15-24(16-18-25)23-9-4-3-5-10-23/h3-22,36H,1-2H3. The van der Waals surface area contributed by atoms with Crippen molar-refractivity contribution in [2.75, 3.05) is 4.90 Å². The molecule has 0 atom stereocenters. The highest BCUT2D eigenvalue weighted by Gasteiger charge is 2.37. The van der Waals surface area contributed by atoms with Crippen molar-refractivity contribution in [1.29, 1.82) is 0 Å². The van der Waals surface area contributed by atoms with Gasteiger partial charge in [0.05, 0.1) is 5.69 Å². The van der Waals surface area contributed by atoms with Crippen molar-refractivity contribution in [2.45, 2.75) is 19.3 Å². The summed E-state index contributed by atoms with van der Waals surface area (Å²) < 4.78 is 5.18. The molecule has 0 aromatic heterocycles. The smallest absolute Gasteiger partial charge is 0.537 e. The summed E-state index contributed by atoms with van der Waals surface area (Å²) in [4.78, 5) is 2.30. The molecule has 0 amide bonds. The Hall–Kier alpha value is -4.28. The molecule has 5 aromatic carbocycles. The molecule has 179 valence electrons. The van der Waals surface area contributed by atoms with Gasteiger partial charge in [-0.1, -0.05) is 92.7 Å². The summed E-state index contributed by atoms with van der Waals surface area (Å²) >= 11 is 0. The maximum absolute atomic E-state index is 9.06. The van der Waals surface area contributed by atoms with Gasteiger partial charge in [-0.25, -0.2) is 0 Å². The lowest BCUT2D eigenvalue weighted by atomic mass is 9.82. The zero-order valence-electron chi connectivity index (χ0n) is 20.9. The first-order chi connectivity index (χ1) is 18.1. The van der Waals surface area contributed by atoms with Crippen molar-refractivity contribution in [3.8, 4) is 28.0 Å². The minimum atomic E-state index is -0.0839. The Morgan fingerprint density at radius 1 is 0.622 bits per heavy atom. The Labute approximate surface area is 218 Å². The summed E-state index contributed by atoms with van der Waals surface area (Å²) in [6.07, 6.45) is 0. The molecule has 0 heterocycles. The van der Waals surface area contributed by atoms with Crippen LogP contribution in [0, 0.1) is 0 Å². The predicted molar refractivity (Wildman–Crippen MR) is 153 cm³/mol. The van der Waals surface area contributed by atoms with E-state index < -0.39 is 0 Å². The third kappa shape index (κ3) is 4.00. The first-order valence-corrected chi connectivity index (χ1v) is 12.5. The number of hydrogen-bond acceptors (Lipinski definition) is 3. The van der Waals surface area contributed by atoms with Crippen molar-refractivity contribution in [1.82, 2.24) is 0 Å². The van der Waals surface area contributed by atoms with Crippen LogP contribution in [0.3, 0.4) is 0 Å². The Kier molecular flexibility index (Phi) is 5.82. The highest BCUT2D eigenvalue weighted by atomic mass is 16.5. The molecule has 1 radical (unpaired) electrons. The summed E-state index contributed by atoms with van der Waals surface area (Å²) in [7, 11) is 0.707. The van der Waals surface area contributed by atoms with Gasteiger partial charge in [-0.05, 0) is 70.3 Å². The molecule has 0 fully saturated rings. The molecule has 1 aliphatic carbocycles. The Morgan fingerprint density at radius 3 is 1.92 bits per heavy atom. The fourth-order valence-electron chi connectivity index (χ4n) is 5.52. The fraction of sp³-hybridized carbons (Fsp3) is 0.0909. The minimum Gasteiger partial charge on any atom is -0.537 e. The average Bonchev–Trinajstić information content (AvgIpc) is 3.18. The predicted octanol–water partition coefficient (Wildman–Crippen LogP) is 8.04. The van der Waals surface area contributed by atoms with Gasteiger partial charge in [0.2, 0.25) is 0 Å². The average molecular weight is 480 g/mol. The van der Waals surface area contributed by atoms with Crippen LogP contribution in [0.2, 0.25) is 0 Å². The van der Waals surface area contributed by atoms with Crippen molar-refractivity contribution in [3.63, 3.8) is 0 Å². The third-order valence-electron chi connectivity index (χ3n) is 7.34. The van der Waals surface area contributed by atoms with Gasteiger partial charge >= 0.3 is 7.69 Å². The van der Waals surface area contributed by atoms with E-state index in [-0.39, 0.29) is 5.41 Å². The molecule has 0 unspecified atom stereocenters. The summed E-state index contributed by atoms with van der Waals surface area (Å²) in [6.45, 7) is 4.61. The topological polar surface area (TPSA) is 32.7 Å². The van der Waals surface area contributed by atoms with E-state index in [1.165, 1.54) is 33.4 Å². The van der Waals surface area contributed by atoms with E-state index in [1.54, 1.807) is 0 Å². The largest absolute Gasteiger partial charge is 0.569 e. The molecular weight excluding hydrogens is 453 g/mol. The van der Waals surface area contributed by atoms with Crippen molar-refractivity contribution < 1.29 is 9.68 Å². The Morgan fingerprint density at radius 2 is 1.22 bits per heavy atom. The molecule has 4 heteroatoms. The summed E-state index contributed by atoms with van der Waals surface area (Å²) in [6, 6.07) is 42.3. The number of anilines is 3. The lowest BCUT2D eigenvalue weighted by molar-refractivity contribution is 0.454. The summed E-state index contributed by atoms with van der Waals surface area (Å²) in [5.41, 5.74) is 10.7. The number of benzene rings is 5. The normalized spacial score (nSPS) is 12.9. The van der Waals surface area contributed by atoms with Crippen LogP contribution in [0.4, 0.5) is 17.1 Å². The van der Waals surface area contributed by atoms with Gasteiger partial charge < -0.3 is 14.6 Å². The van der Waals surface area contributed by atoms with Crippen LogP contribution >= 0.6 is 0 Å². The molecule has 5 aromatic rings. The molecule has 37 heavy (non-hydrogen) atoms. The fourth-order valence-corrected chi connectivity index (χ4v) is 5.52. The first kappa shape index (κ1) is 23.1. The lowest BCUT2D eigenvalue weighted by Crippen LogP contribution is -2.16. The van der Waals surface area contributed by atoms with E-state index in [0.29, 0.717) is 13.4 Å². The number of fused-ring (bicyclic) bond motifs is 3. The van der Waals surface area contributed by atoms with Gasteiger partial charge in [-0.15, -0.1) is 0 Å². The van der Waals surface area contributed by atoms with Gasteiger partial charge in [-0.3, -0.25) is 0 Å². The van der Waals surface area contributed by atoms with Crippen molar-refractivity contribution >= 4 is 24.7 Å². The van der Waals surface area contributed by atoms with Gasteiger partial charge in [0.1, 0.15) is 5.75 Å². The molecule has 0 aliphatic heterocycles. The summed E-state index contributed by atoms with van der Waals surface area (Å²) in [5, 5.41) is 9.06. The second-order valence-electron chi connectivity index (χ2n) is 9.84. The molecule has 1 aliphatic rings. The van der Waals surface area contributed by atoms with Crippen molar-refractivity contribution in [3.05, 3.63) is 132 Å². The molecular formula is C33H27BNO2. The van der Waals surface area contributed by atoms with E-state index >= 15 is 0 Å². The molecule has 0 saturated carbocycles. The molecule has 6 rings (SSSR count). The van der Waals surface area contributed by atoms with E-state index in [2.05, 4.69) is 110 Å². The van der Waals surface area contributed by atoms with E-state index in [4.69, 9.17) is 9.68 Å². The number of hydrogen-bond donors (Lipinski definition) is 1. The Bertz CT molecular complexity index is 1540. The molecule has 1 N–H and O–H groups in total. The maximum Gasteiger partial charge on any atom is 0.569 e. The van der Waals surface area contributed by atoms with Crippen LogP contribution in [-0.2, 0) is 5.41 Å². The molecule has 0 bridgehead atoms. The molecule has 0 spiro atoms. The van der Waals surface area contributed by atoms with Crippen LogP contribution in [0.5, 0.6) is 5.75 Å². The Balaban J connectivity index is 1.53. The van der Waals surface area contributed by atoms with Gasteiger partial charge in [0.25, 0.3) is 0 Å². The quantitative estimate of drug-likeness (QED) is 0.250. The van der Waals surface area contributed by atoms with E-state index in [0.717, 1.165) is 17.1 Å².